The van der Waals surface area contributed by atoms with Crippen molar-refractivity contribution in [2.45, 2.75) is 219 Å². The maximum atomic E-state index is 6.88. The van der Waals surface area contributed by atoms with Crippen LogP contribution in [-0.2, 0) is 0 Å². The Morgan fingerprint density at radius 1 is 0.422 bits per heavy atom. The van der Waals surface area contributed by atoms with Crippen molar-refractivity contribution < 1.29 is 0 Å². The molecule has 0 aromatic heterocycles. The van der Waals surface area contributed by atoms with Crippen LogP contribution in [0.4, 0.5) is 0 Å². The Hall–Kier alpha value is 13.4. The fourth-order valence-corrected chi connectivity index (χ4v) is 964. The van der Waals surface area contributed by atoms with Crippen molar-refractivity contribution in [2.75, 3.05) is 0 Å². The third kappa shape index (κ3) is 20.5. The number of hydrogen-bond acceptors (Lipinski definition) is 0. The molecular formula is C35H124Cl20Si35. The fourth-order valence-electron chi connectivity index (χ4n) is 19.2. The van der Waals surface area contributed by atoms with E-state index in [4.69, 9.17) is 199 Å². The van der Waals surface area contributed by atoms with E-state index in [1.165, 1.54) is 47.7 Å². The molecule has 55 heteroatoms. The Labute approximate surface area is 700 Å². The molecule has 6 fully saturated rings. The van der Waals surface area contributed by atoms with Gasteiger partial charge in [-0.05, 0) is 70.8 Å². The molecular weight excluding hydrogens is 2110 g/mol. The molecule has 0 amide bonds. The molecule has 6 aliphatic rings. The highest BCUT2D eigenvalue weighted by atomic mass is 36.5. The predicted molar refractivity (Wildman–Crippen MR) is 555 cm³/mol. The van der Waals surface area contributed by atoms with Crippen LogP contribution in [-0.4, -0.2) is 273 Å². The molecule has 20 atom stereocenters. The van der Waals surface area contributed by atoms with E-state index < -0.39 is 133 Å². The lowest BCUT2D eigenvalue weighted by molar-refractivity contribution is 1.26. The lowest BCUT2D eigenvalue weighted by Crippen LogP contribution is -2.80. The quantitative estimate of drug-likeness (QED) is 0.135. The van der Waals surface area contributed by atoms with E-state index in [1.807, 2.05) is 37.4 Å². The van der Waals surface area contributed by atoms with Crippen molar-refractivity contribution in [3.8, 4) is 0 Å². The van der Waals surface area contributed by atoms with Crippen LogP contribution in [0.15, 0.2) is 0 Å². The monoisotopic (exact) mass is 2220 g/mol. The molecule has 544 valence electrons. The van der Waals surface area contributed by atoms with Gasteiger partial charge < -0.3 is 0 Å². The van der Waals surface area contributed by atoms with Gasteiger partial charge in [-0.1, -0.05) is 189 Å². The molecule has 20 unspecified atom stereocenters. The number of hydrogen-bond donors (Lipinski definition) is 0. The lowest BCUT2D eigenvalue weighted by Gasteiger charge is -2.49. The summed E-state index contributed by atoms with van der Waals surface area (Å²) >= 11 is 116. The van der Waals surface area contributed by atoms with Crippen LogP contribution >= 0.6 is 221 Å². The Morgan fingerprint density at radius 3 is 1.01 bits per heavy atom. The van der Waals surface area contributed by atoms with Crippen LogP contribution in [0.5, 0.6) is 0 Å². The summed E-state index contributed by atoms with van der Waals surface area (Å²) in [4.78, 5) is 1.51. The Kier molecular flexibility index (Phi) is 44.5. The summed E-state index contributed by atoms with van der Waals surface area (Å²) < 4.78 is 0. The smallest absolute Gasteiger partial charge is 0.172 e. The predicted octanol–water partition coefficient (Wildman–Crippen LogP) is 9.88. The Bertz CT molecular complexity index is 2250. The second kappa shape index (κ2) is 38.0. The van der Waals surface area contributed by atoms with Crippen LogP contribution in [0.2, 0.25) is 212 Å². The average Bonchev–Trinajstić information content (AvgIpc) is 1.52. The van der Waals surface area contributed by atoms with Crippen LogP contribution < -0.4 is 0 Å². The summed E-state index contributed by atoms with van der Waals surface area (Å²) in [5.74, 6) is -5.59. The van der Waals surface area contributed by atoms with Gasteiger partial charge in [0.2, 0.25) is 18.3 Å². The van der Waals surface area contributed by atoms with Gasteiger partial charge in [-0.3, -0.25) is 0 Å². The minimum Gasteiger partial charge on any atom is -0.172 e. The first-order valence-corrected chi connectivity index (χ1v) is 157. The van der Waals surface area contributed by atoms with Crippen molar-refractivity contribution >= 4 is 494 Å². The van der Waals surface area contributed by atoms with Gasteiger partial charge >= 0.3 is 16.6 Å². The van der Waals surface area contributed by atoms with Crippen molar-refractivity contribution in [1.82, 2.24) is 0 Å². The van der Waals surface area contributed by atoms with E-state index in [1.54, 1.807) is 58.9 Å². The van der Waals surface area contributed by atoms with Crippen LogP contribution in [0, 0.1) is 0 Å². The largest absolute Gasteiger partial charge is 0.340 e. The van der Waals surface area contributed by atoms with Crippen molar-refractivity contribution in [2.24, 2.45) is 0 Å². The molecule has 90 heavy (non-hydrogen) atoms. The molecule has 6 saturated heterocycles. The summed E-state index contributed by atoms with van der Waals surface area (Å²) in [7, 11) is 17.0. The third-order valence-electron chi connectivity index (χ3n) is 28.0. The lowest BCUT2D eigenvalue weighted by atomic mass is 10.9. The van der Waals surface area contributed by atoms with Crippen LogP contribution in [0.1, 0.15) is 7.43 Å². The SMILES string of the molecule is C.C[SiH2][Si]1(C)C([SiH3])[Si](C)(C[SiH3])[Si](C)([SiH2]C)[Si]1(C)[SiH2]C.C[SiH2][Si]1(C)CC([SiH3])[Si](C)(C[SiH3])[SiH2]1.C[SiH2][Si]1(C)CC([SiH3])[Si](C)(C[SiH3])[Si]1(C)[SiH2]C.C[Si]1(Cl)CC[Si](C)(Cl)[SiH2]1.C[Si]1(Cl)CC[Si](C)(Cl)[Si]1(Cl)[Si](Cl)(Cl)Cl.C[Si]1(Cl)C[Si](Cl)([Si](Cl)(Cl)Cl)[Si](C)(Cl)[Si]1(Cl)[Si](Cl)(Cl)Cl.ClCl. The molecule has 0 aromatic carbocycles. The fraction of sp³-hybridized carbons (Fsp3) is 1.00. The molecule has 0 aliphatic carbocycles. The standard InChI is InChI=1S/C9H36Si9.C8H30Si7.C6H24Si6.C4H10Cl6Si4.C4H12Cl2Si3.C3H8Cl10Si6.CH4.Cl2/c1-12-16(5)9(11)15(4,8-10)17(6,13-2)18(16,7)14-3;1-11-14(4)6-8(10)13(3,7-9)15(14,5)12-2;1-9-12(3)4-6(8)11(2,5-7)10-12;1-11(5)3-4-12(2,6)14(11,10)13(7,8)9;1-8(5)3-4-9(2,6)7-8;1-14(4)3-16(6,17(7,8)9)15(2,5)19(14,13)18(10,11)12;;1-2/h9H,8,12-14H2,1-7,10-11H3;8H,6-7,11-12H2,1-5,9-10H3;6H,4-5,9-10H2,1-3,7-8H3;3-4H2,1-2H3;3-4,7H2,1-2H3;3H2,1-2H3;1H4;. The van der Waals surface area contributed by atoms with E-state index >= 15 is 0 Å². The zero-order chi connectivity index (χ0) is 72.0. The zero-order valence-corrected chi connectivity index (χ0v) is 119. The van der Waals surface area contributed by atoms with E-state index in [0.29, 0.717) is 68.4 Å². The van der Waals surface area contributed by atoms with Crippen molar-refractivity contribution in [3.63, 3.8) is 0 Å². The van der Waals surface area contributed by atoms with E-state index in [2.05, 4.69) is 133 Å². The molecule has 0 aromatic rings. The number of rotatable bonds is 12. The average molecular weight is 2240 g/mol. The number of halogens is 20. The van der Waals surface area contributed by atoms with Gasteiger partial charge in [0.05, 0.1) is 0 Å². The van der Waals surface area contributed by atoms with Gasteiger partial charge in [0.1, 0.15) is 13.8 Å². The highest BCUT2D eigenvalue weighted by Gasteiger charge is 2.89. The van der Waals surface area contributed by atoms with Gasteiger partial charge in [0.25, 0.3) is 0 Å². The molecule has 0 radical (unpaired) electrons. The van der Waals surface area contributed by atoms with Gasteiger partial charge in [-0.2, -0.15) is 99.7 Å². The first-order chi connectivity index (χ1) is 39.2. The molecule has 0 saturated carbocycles. The molecule has 0 nitrogen and oxygen atoms in total. The summed E-state index contributed by atoms with van der Waals surface area (Å²) in [6.45, 7) is 44.1. The van der Waals surface area contributed by atoms with Crippen molar-refractivity contribution in [1.29, 1.82) is 0 Å². The highest BCUT2D eigenvalue weighted by molar-refractivity contribution is 8.36. The van der Waals surface area contributed by atoms with E-state index in [-0.39, 0.29) is 23.1 Å². The van der Waals surface area contributed by atoms with E-state index in [9.17, 15) is 0 Å². The zero-order valence-electron chi connectivity index (χ0n) is 59.5. The summed E-state index contributed by atoms with van der Waals surface area (Å²) in [5.41, 5.74) is -3.66. The third-order valence-corrected chi connectivity index (χ3v) is 652. The molecule has 0 bridgehead atoms. The van der Waals surface area contributed by atoms with E-state index in [0.717, 1.165) is 12.1 Å². The van der Waals surface area contributed by atoms with Gasteiger partial charge in [0.15, 0.2) is 27.1 Å². The summed E-state index contributed by atoms with van der Waals surface area (Å²) in [5, 5.41) is 2.77. The topological polar surface area (TPSA) is 0 Å². The summed E-state index contributed by atoms with van der Waals surface area (Å²) in [6.07, 6.45) is -5.85. The molecule has 6 rings (SSSR count). The second-order valence-electron chi connectivity index (χ2n) is 32.0. The highest BCUT2D eigenvalue weighted by Crippen LogP contribution is 2.64. The molecule has 0 N–H and O–H groups in total. The maximum absolute atomic E-state index is 6.88. The molecule has 6 aliphatic heterocycles. The normalized spacial score (nSPS) is 50.3. The maximum Gasteiger partial charge on any atom is 0.340 e. The minimum absolute atomic E-state index is 0. The summed E-state index contributed by atoms with van der Waals surface area (Å²) in [6, 6.07) is 8.16. The minimum atomic E-state index is -3.31. The second-order valence-corrected chi connectivity index (χ2v) is 355. The van der Waals surface area contributed by atoms with Gasteiger partial charge in [0, 0.05) is 178 Å². The Morgan fingerprint density at radius 2 is 0.800 bits per heavy atom. The van der Waals surface area contributed by atoms with Gasteiger partial charge in [-0.25, -0.2) is 0 Å². The molecule has 0 spiro atoms. The van der Waals surface area contributed by atoms with Crippen LogP contribution in [0.25, 0.3) is 0 Å². The van der Waals surface area contributed by atoms with Gasteiger partial charge in [-0.15, -0.1) is 99.7 Å². The van der Waals surface area contributed by atoms with Crippen LogP contribution in [0.3, 0.4) is 0 Å². The molecule has 6 heterocycles. The first kappa shape index (κ1) is 105. The Balaban J connectivity index is 0. The van der Waals surface area contributed by atoms with Crippen molar-refractivity contribution in [3.05, 3.63) is 0 Å². The first-order valence-electron chi connectivity index (χ1n) is 32.8.